The summed E-state index contributed by atoms with van der Waals surface area (Å²) in [5.41, 5.74) is -0.292. The Hall–Kier alpha value is -0.940. The van der Waals surface area contributed by atoms with Crippen LogP contribution in [0.15, 0.2) is 23.1 Å². The molecule has 2 atom stereocenters. The number of hydrogen-bond donors (Lipinski definition) is 3. The standard InChI is InChI=1S/C13H20FN3O4S2.ClH/c1-9-12(4-3-7-15-9)17-23(20,21)10-5-6-13(11(14)8-10)16-22(2,18)19;/h5-6,8-9,12,15-17H,3-4,7H2,1-2H3;1H. The number of piperidine rings is 1. The number of hydrogen-bond acceptors (Lipinski definition) is 5. The predicted octanol–water partition coefficient (Wildman–Crippen LogP) is 1.04. The number of benzene rings is 1. The number of anilines is 1. The molecule has 0 amide bonds. The van der Waals surface area contributed by atoms with E-state index < -0.39 is 25.9 Å². The first-order valence-electron chi connectivity index (χ1n) is 7.11. The highest BCUT2D eigenvalue weighted by Gasteiger charge is 2.27. The fourth-order valence-corrected chi connectivity index (χ4v) is 4.35. The van der Waals surface area contributed by atoms with E-state index in [1.807, 2.05) is 11.6 Å². The summed E-state index contributed by atoms with van der Waals surface area (Å²) in [5.74, 6) is -0.951. The smallest absolute Gasteiger partial charge is 0.240 e. The zero-order chi connectivity index (χ0) is 17.3. The Morgan fingerprint density at radius 2 is 1.92 bits per heavy atom. The zero-order valence-electron chi connectivity index (χ0n) is 13.2. The molecule has 7 nitrogen and oxygen atoms in total. The van der Waals surface area contributed by atoms with Gasteiger partial charge in [-0.15, -0.1) is 12.4 Å². The van der Waals surface area contributed by atoms with Crippen molar-refractivity contribution in [2.24, 2.45) is 0 Å². The van der Waals surface area contributed by atoms with Gasteiger partial charge in [-0.05, 0) is 44.5 Å². The van der Waals surface area contributed by atoms with Gasteiger partial charge in [-0.25, -0.2) is 25.9 Å². The molecule has 1 aromatic rings. The van der Waals surface area contributed by atoms with E-state index >= 15 is 0 Å². The SMILES string of the molecule is CC1NCCCC1NS(=O)(=O)c1ccc(NS(C)(=O)=O)c(F)c1.Cl. The number of halogens is 2. The van der Waals surface area contributed by atoms with E-state index in [2.05, 4.69) is 10.0 Å². The van der Waals surface area contributed by atoms with Crippen LogP contribution in [0.3, 0.4) is 0 Å². The second-order valence-corrected chi connectivity index (χ2v) is 9.09. The Labute approximate surface area is 147 Å². The highest BCUT2D eigenvalue weighted by Crippen LogP contribution is 2.21. The van der Waals surface area contributed by atoms with E-state index in [4.69, 9.17) is 0 Å². The minimum Gasteiger partial charge on any atom is -0.313 e. The van der Waals surface area contributed by atoms with Crippen LogP contribution >= 0.6 is 12.4 Å². The second kappa shape index (κ2) is 7.96. The summed E-state index contributed by atoms with van der Waals surface area (Å²) in [7, 11) is -7.52. The minimum atomic E-state index is -3.88. The average Bonchev–Trinajstić information content (AvgIpc) is 2.42. The highest BCUT2D eigenvalue weighted by molar-refractivity contribution is 7.92. The normalized spacial score (nSPS) is 21.8. The van der Waals surface area contributed by atoms with Crippen LogP contribution in [-0.2, 0) is 20.0 Å². The molecule has 2 rings (SSSR count). The van der Waals surface area contributed by atoms with Crippen LogP contribution in [0.25, 0.3) is 0 Å². The summed E-state index contributed by atoms with van der Waals surface area (Å²) < 4.78 is 65.4. The second-order valence-electron chi connectivity index (χ2n) is 5.63. The molecule has 138 valence electrons. The lowest BCUT2D eigenvalue weighted by atomic mass is 10.0. The summed E-state index contributed by atoms with van der Waals surface area (Å²) >= 11 is 0. The quantitative estimate of drug-likeness (QED) is 0.683. The summed E-state index contributed by atoms with van der Waals surface area (Å²) in [6, 6.07) is 2.77. The van der Waals surface area contributed by atoms with Gasteiger partial charge < -0.3 is 5.32 Å². The van der Waals surface area contributed by atoms with Crippen molar-refractivity contribution in [3.05, 3.63) is 24.0 Å². The Bertz CT molecular complexity index is 786. The van der Waals surface area contributed by atoms with Crippen LogP contribution < -0.4 is 14.8 Å². The molecule has 0 aliphatic carbocycles. The molecule has 3 N–H and O–H groups in total. The van der Waals surface area contributed by atoms with Gasteiger partial charge in [-0.2, -0.15) is 0 Å². The summed E-state index contributed by atoms with van der Waals surface area (Å²) in [5, 5.41) is 3.17. The van der Waals surface area contributed by atoms with E-state index in [0.29, 0.717) is 6.42 Å². The van der Waals surface area contributed by atoms with Crippen LogP contribution in [0.4, 0.5) is 10.1 Å². The maximum absolute atomic E-state index is 13.9. The fraction of sp³-hybridized carbons (Fsp3) is 0.538. The lowest BCUT2D eigenvalue weighted by Crippen LogP contribution is -2.51. The van der Waals surface area contributed by atoms with Crippen molar-refractivity contribution < 1.29 is 21.2 Å². The maximum Gasteiger partial charge on any atom is 0.240 e. The molecule has 11 heteroatoms. The van der Waals surface area contributed by atoms with Gasteiger partial charge in [0.1, 0.15) is 5.82 Å². The molecule has 0 bridgehead atoms. The van der Waals surface area contributed by atoms with Crippen molar-refractivity contribution >= 4 is 38.1 Å². The number of nitrogens with one attached hydrogen (secondary N) is 3. The van der Waals surface area contributed by atoms with Crippen LogP contribution in [0.1, 0.15) is 19.8 Å². The van der Waals surface area contributed by atoms with Gasteiger partial charge in [0.15, 0.2) is 0 Å². The van der Waals surface area contributed by atoms with Crippen LogP contribution in [0.2, 0.25) is 0 Å². The molecule has 0 spiro atoms. The Morgan fingerprint density at radius 1 is 1.25 bits per heavy atom. The third-order valence-corrected chi connectivity index (χ3v) is 5.69. The van der Waals surface area contributed by atoms with E-state index in [9.17, 15) is 21.2 Å². The fourth-order valence-electron chi connectivity index (χ4n) is 2.42. The van der Waals surface area contributed by atoms with Crippen molar-refractivity contribution in [3.63, 3.8) is 0 Å². The topological polar surface area (TPSA) is 104 Å². The molecule has 24 heavy (non-hydrogen) atoms. The number of rotatable bonds is 5. The molecule has 1 aromatic carbocycles. The molecule has 0 radical (unpaired) electrons. The van der Waals surface area contributed by atoms with E-state index in [0.717, 1.165) is 31.4 Å². The number of sulfonamides is 2. The summed E-state index contributed by atoms with van der Waals surface area (Å²) in [6.45, 7) is 2.71. The summed E-state index contributed by atoms with van der Waals surface area (Å²) in [4.78, 5) is -0.244. The van der Waals surface area contributed by atoms with Crippen LogP contribution in [-0.4, -0.2) is 41.7 Å². The predicted molar refractivity (Wildman–Crippen MR) is 92.9 cm³/mol. The molecular weight excluding hydrogens is 381 g/mol. The Kier molecular flexibility index (Phi) is 7.00. The van der Waals surface area contributed by atoms with Gasteiger partial charge >= 0.3 is 0 Å². The minimum absolute atomic E-state index is 0. The van der Waals surface area contributed by atoms with Crippen molar-refractivity contribution in [1.29, 1.82) is 0 Å². The molecule has 1 fully saturated rings. The molecular formula is C13H21ClFN3O4S2. The first kappa shape index (κ1) is 21.1. The summed E-state index contributed by atoms with van der Waals surface area (Å²) in [6.07, 6.45) is 2.43. The van der Waals surface area contributed by atoms with Gasteiger partial charge in [0.25, 0.3) is 0 Å². The highest BCUT2D eigenvalue weighted by atomic mass is 35.5. The van der Waals surface area contributed by atoms with E-state index in [1.54, 1.807) is 0 Å². The van der Waals surface area contributed by atoms with Gasteiger partial charge in [0.05, 0.1) is 16.8 Å². The van der Waals surface area contributed by atoms with Crippen molar-refractivity contribution in [3.8, 4) is 0 Å². The molecule has 2 unspecified atom stereocenters. The van der Waals surface area contributed by atoms with Crippen molar-refractivity contribution in [1.82, 2.24) is 10.0 Å². The van der Waals surface area contributed by atoms with Crippen molar-refractivity contribution in [2.75, 3.05) is 17.5 Å². The third kappa shape index (κ3) is 5.55. The van der Waals surface area contributed by atoms with Crippen molar-refractivity contribution in [2.45, 2.75) is 36.7 Å². The van der Waals surface area contributed by atoms with Gasteiger partial charge in [-0.1, -0.05) is 0 Å². The third-order valence-electron chi connectivity index (χ3n) is 3.61. The first-order chi connectivity index (χ1) is 10.6. The van der Waals surface area contributed by atoms with Gasteiger partial charge in [-0.3, -0.25) is 4.72 Å². The average molecular weight is 402 g/mol. The van der Waals surface area contributed by atoms with E-state index in [1.165, 1.54) is 6.07 Å². The lowest BCUT2D eigenvalue weighted by molar-refractivity contribution is 0.349. The molecule has 0 saturated carbocycles. The maximum atomic E-state index is 13.9. The molecule has 1 heterocycles. The first-order valence-corrected chi connectivity index (χ1v) is 10.5. The Morgan fingerprint density at radius 3 is 2.46 bits per heavy atom. The van der Waals surface area contributed by atoms with Gasteiger partial charge in [0, 0.05) is 12.1 Å². The van der Waals surface area contributed by atoms with Crippen LogP contribution in [0.5, 0.6) is 0 Å². The lowest BCUT2D eigenvalue weighted by Gasteiger charge is -2.30. The largest absolute Gasteiger partial charge is 0.313 e. The molecule has 1 aliphatic heterocycles. The monoisotopic (exact) mass is 401 g/mol. The molecule has 0 aromatic heterocycles. The van der Waals surface area contributed by atoms with Crippen LogP contribution in [0, 0.1) is 5.82 Å². The zero-order valence-corrected chi connectivity index (χ0v) is 15.7. The van der Waals surface area contributed by atoms with E-state index in [-0.39, 0.29) is 35.1 Å². The Balaban J connectivity index is 0.00000288. The molecule has 1 aliphatic rings. The molecule has 1 saturated heterocycles. The van der Waals surface area contributed by atoms with Gasteiger partial charge in [0.2, 0.25) is 20.0 Å².